The first-order valence-electron chi connectivity index (χ1n) is 5.86. The monoisotopic (exact) mass is 264 g/mol. The van der Waals surface area contributed by atoms with Crippen molar-refractivity contribution in [3.63, 3.8) is 0 Å². The summed E-state index contributed by atoms with van der Waals surface area (Å²) in [5.74, 6) is -0.0572. The number of benzene rings is 1. The molecular weight excluding hydrogens is 244 g/mol. The molecule has 1 aromatic carbocycles. The molecule has 18 heavy (non-hydrogen) atoms. The maximum Gasteiger partial charge on any atom is 0.235 e. The highest BCUT2D eigenvalue weighted by molar-refractivity contribution is 7.80. The van der Waals surface area contributed by atoms with Gasteiger partial charge in [-0.2, -0.15) is 0 Å². The van der Waals surface area contributed by atoms with Crippen LogP contribution in [-0.4, -0.2) is 22.8 Å². The smallest absolute Gasteiger partial charge is 0.235 e. The van der Waals surface area contributed by atoms with Gasteiger partial charge in [0, 0.05) is 13.6 Å². The van der Waals surface area contributed by atoms with Gasteiger partial charge in [0.15, 0.2) is 0 Å². The highest BCUT2D eigenvalue weighted by Crippen LogP contribution is 2.20. The Balaban J connectivity index is 2.84. The zero-order chi connectivity index (χ0) is 13.9. The van der Waals surface area contributed by atoms with Gasteiger partial charge in [-0.1, -0.05) is 36.5 Å². The second kappa shape index (κ2) is 5.48. The van der Waals surface area contributed by atoms with Crippen LogP contribution >= 0.6 is 12.2 Å². The van der Waals surface area contributed by atoms with Gasteiger partial charge in [0.1, 0.15) is 0 Å². The molecule has 1 aromatic rings. The Bertz CT molecular complexity index is 469. The number of amides is 1. The summed E-state index contributed by atoms with van der Waals surface area (Å²) in [4.78, 5) is 14.2. The average molecular weight is 264 g/mol. The Hall–Kier alpha value is -1.42. The molecule has 0 radical (unpaired) electrons. The Labute approximate surface area is 114 Å². The predicted molar refractivity (Wildman–Crippen MR) is 78.2 cm³/mol. The van der Waals surface area contributed by atoms with Crippen LogP contribution < -0.4 is 5.73 Å². The van der Waals surface area contributed by atoms with E-state index in [1.807, 2.05) is 31.2 Å². The summed E-state index contributed by atoms with van der Waals surface area (Å²) in [6.45, 7) is 6.11. The van der Waals surface area contributed by atoms with Crippen LogP contribution in [0.25, 0.3) is 0 Å². The van der Waals surface area contributed by atoms with Crippen LogP contribution in [0.1, 0.15) is 25.0 Å². The van der Waals surface area contributed by atoms with E-state index < -0.39 is 5.41 Å². The highest BCUT2D eigenvalue weighted by atomic mass is 32.1. The van der Waals surface area contributed by atoms with Crippen molar-refractivity contribution in [3.8, 4) is 0 Å². The third-order valence-corrected chi connectivity index (χ3v) is 3.68. The maximum absolute atomic E-state index is 12.3. The molecule has 0 bridgehead atoms. The molecule has 0 saturated carbocycles. The first-order chi connectivity index (χ1) is 8.26. The molecule has 0 unspecified atom stereocenters. The lowest BCUT2D eigenvalue weighted by atomic mass is 9.91. The minimum Gasteiger partial charge on any atom is -0.392 e. The summed E-state index contributed by atoms with van der Waals surface area (Å²) in [5.41, 5.74) is 7.12. The number of hydrogen-bond acceptors (Lipinski definition) is 2. The van der Waals surface area contributed by atoms with E-state index in [9.17, 15) is 4.79 Å². The van der Waals surface area contributed by atoms with Gasteiger partial charge in [-0.15, -0.1) is 0 Å². The van der Waals surface area contributed by atoms with Crippen LogP contribution in [0.3, 0.4) is 0 Å². The normalized spacial score (nSPS) is 11.1. The quantitative estimate of drug-likeness (QED) is 0.849. The van der Waals surface area contributed by atoms with Crippen LogP contribution in [0.2, 0.25) is 0 Å². The standard InChI is InChI=1S/C14H20N2OS/c1-10-7-5-6-8-11(10)9-16(4)13(17)14(2,3)12(15)18/h5-8H,9H2,1-4H3,(H2,15,18). The number of hydrogen-bond donors (Lipinski definition) is 1. The van der Waals surface area contributed by atoms with Crippen LogP contribution in [0, 0.1) is 12.3 Å². The van der Waals surface area contributed by atoms with Crippen molar-refractivity contribution in [2.45, 2.75) is 27.3 Å². The molecule has 1 rings (SSSR count). The fraction of sp³-hybridized carbons (Fsp3) is 0.429. The maximum atomic E-state index is 12.3. The summed E-state index contributed by atoms with van der Waals surface area (Å²) < 4.78 is 0. The molecule has 0 aliphatic carbocycles. The molecule has 1 amide bonds. The minimum absolute atomic E-state index is 0.0572. The second-order valence-corrected chi connectivity index (χ2v) is 5.52. The van der Waals surface area contributed by atoms with E-state index in [4.69, 9.17) is 18.0 Å². The van der Waals surface area contributed by atoms with Gasteiger partial charge in [-0.05, 0) is 31.9 Å². The largest absolute Gasteiger partial charge is 0.392 e. The minimum atomic E-state index is -0.799. The lowest BCUT2D eigenvalue weighted by molar-refractivity contribution is -0.136. The van der Waals surface area contributed by atoms with E-state index in [1.165, 1.54) is 5.56 Å². The molecule has 0 atom stereocenters. The molecule has 0 spiro atoms. The van der Waals surface area contributed by atoms with E-state index >= 15 is 0 Å². The van der Waals surface area contributed by atoms with E-state index in [0.29, 0.717) is 6.54 Å². The van der Waals surface area contributed by atoms with Gasteiger partial charge in [0.2, 0.25) is 5.91 Å². The molecule has 4 heteroatoms. The van der Waals surface area contributed by atoms with Crippen molar-refractivity contribution in [2.75, 3.05) is 7.05 Å². The number of aryl methyl sites for hydroxylation is 1. The number of rotatable bonds is 4. The predicted octanol–water partition coefficient (Wildman–Crippen LogP) is 2.27. The first kappa shape index (κ1) is 14.6. The second-order valence-electron chi connectivity index (χ2n) is 5.08. The lowest BCUT2D eigenvalue weighted by Crippen LogP contribution is -2.45. The molecule has 2 N–H and O–H groups in total. The lowest BCUT2D eigenvalue weighted by Gasteiger charge is -2.28. The fourth-order valence-corrected chi connectivity index (χ4v) is 1.78. The summed E-state index contributed by atoms with van der Waals surface area (Å²) in [5, 5.41) is 0. The topological polar surface area (TPSA) is 46.3 Å². The van der Waals surface area contributed by atoms with Gasteiger partial charge in [-0.3, -0.25) is 4.79 Å². The van der Waals surface area contributed by atoms with Crippen LogP contribution in [0.5, 0.6) is 0 Å². The van der Waals surface area contributed by atoms with Crippen LogP contribution in [-0.2, 0) is 11.3 Å². The van der Waals surface area contributed by atoms with E-state index in [1.54, 1.807) is 25.8 Å². The first-order valence-corrected chi connectivity index (χ1v) is 6.27. The van der Waals surface area contributed by atoms with Crippen molar-refractivity contribution < 1.29 is 4.79 Å². The van der Waals surface area contributed by atoms with Crippen molar-refractivity contribution in [3.05, 3.63) is 35.4 Å². The third-order valence-electron chi connectivity index (χ3n) is 3.17. The SMILES string of the molecule is Cc1ccccc1CN(C)C(=O)C(C)(C)C(N)=S. The van der Waals surface area contributed by atoms with Gasteiger partial charge >= 0.3 is 0 Å². The molecular formula is C14H20N2OS. The Morgan fingerprint density at radius 2 is 1.94 bits per heavy atom. The highest BCUT2D eigenvalue weighted by Gasteiger charge is 2.33. The van der Waals surface area contributed by atoms with Crippen LogP contribution in [0.15, 0.2) is 24.3 Å². The molecule has 3 nitrogen and oxygen atoms in total. The Kier molecular flexibility index (Phi) is 4.46. The van der Waals surface area contributed by atoms with Gasteiger partial charge in [0.25, 0.3) is 0 Å². The Morgan fingerprint density at radius 1 is 1.39 bits per heavy atom. The number of nitrogens with two attached hydrogens (primary N) is 1. The van der Waals surface area contributed by atoms with Crippen LogP contribution in [0.4, 0.5) is 0 Å². The van der Waals surface area contributed by atoms with Gasteiger partial charge in [0.05, 0.1) is 10.4 Å². The molecule has 0 aromatic heterocycles. The molecule has 0 heterocycles. The fourth-order valence-electron chi connectivity index (χ4n) is 1.70. The molecule has 0 aliphatic rings. The molecule has 98 valence electrons. The number of carbonyl (C=O) groups is 1. The summed E-state index contributed by atoms with van der Waals surface area (Å²) in [7, 11) is 1.77. The third kappa shape index (κ3) is 3.07. The molecule has 0 aliphatic heterocycles. The van der Waals surface area contributed by atoms with E-state index in [0.717, 1.165) is 5.56 Å². The zero-order valence-corrected chi connectivity index (χ0v) is 12.2. The summed E-state index contributed by atoms with van der Waals surface area (Å²) >= 11 is 4.95. The van der Waals surface area contributed by atoms with E-state index in [2.05, 4.69) is 0 Å². The zero-order valence-electron chi connectivity index (χ0n) is 11.4. The summed E-state index contributed by atoms with van der Waals surface area (Å²) in [6, 6.07) is 8.01. The number of thiocarbonyl (C=S) groups is 1. The van der Waals surface area contributed by atoms with E-state index in [-0.39, 0.29) is 10.9 Å². The molecule has 0 fully saturated rings. The average Bonchev–Trinajstić information content (AvgIpc) is 2.30. The molecule has 0 saturated heterocycles. The van der Waals surface area contributed by atoms with Gasteiger partial charge in [-0.25, -0.2) is 0 Å². The summed E-state index contributed by atoms with van der Waals surface area (Å²) in [6.07, 6.45) is 0. The van der Waals surface area contributed by atoms with Crippen molar-refractivity contribution in [2.24, 2.45) is 11.1 Å². The van der Waals surface area contributed by atoms with Gasteiger partial charge < -0.3 is 10.6 Å². The number of nitrogens with zero attached hydrogens (tertiary/aromatic N) is 1. The Morgan fingerprint density at radius 3 is 2.44 bits per heavy atom. The van der Waals surface area contributed by atoms with Crippen molar-refractivity contribution in [1.82, 2.24) is 4.90 Å². The van der Waals surface area contributed by atoms with Crippen molar-refractivity contribution in [1.29, 1.82) is 0 Å². The number of carbonyl (C=O) groups excluding carboxylic acids is 1. The van der Waals surface area contributed by atoms with Crippen molar-refractivity contribution >= 4 is 23.1 Å².